The van der Waals surface area contributed by atoms with Crippen molar-refractivity contribution < 1.29 is 14.6 Å². The highest BCUT2D eigenvalue weighted by Gasteiger charge is 2.40. The van der Waals surface area contributed by atoms with E-state index in [0.29, 0.717) is 37.7 Å². The molecule has 2 aromatic heterocycles. The van der Waals surface area contributed by atoms with Gasteiger partial charge in [0.25, 0.3) is 0 Å². The second kappa shape index (κ2) is 8.08. The molecule has 2 saturated heterocycles. The number of urea groups is 1. The van der Waals surface area contributed by atoms with E-state index in [1.807, 2.05) is 12.1 Å². The zero-order chi connectivity index (χ0) is 20.5. The maximum Gasteiger partial charge on any atom is 0.327 e. The van der Waals surface area contributed by atoms with Gasteiger partial charge in [0.2, 0.25) is 0 Å². The molecule has 2 aromatic rings. The minimum atomic E-state index is -0.186. The number of amides is 2. The standard InChI is InChI=1S/C21H26N6O3/c28-10-6-17-14-30-11-9-26(17)19-4-3-18-20(24-19)27(16-5-8-25(18)13-16)21(29)23-15-2-1-7-22-12-15/h1-4,7,12,16-17,28H,5-6,8-11,13-14H2,(H,23,29)/t16-,17-/m0/s1. The van der Waals surface area contributed by atoms with Crippen LogP contribution in [0.5, 0.6) is 0 Å². The Balaban J connectivity index is 1.48. The summed E-state index contributed by atoms with van der Waals surface area (Å²) in [4.78, 5) is 28.6. The fourth-order valence-corrected chi connectivity index (χ4v) is 4.59. The van der Waals surface area contributed by atoms with Crippen molar-refractivity contribution in [1.29, 1.82) is 0 Å². The monoisotopic (exact) mass is 410 g/mol. The number of morpholine rings is 1. The summed E-state index contributed by atoms with van der Waals surface area (Å²) in [5.41, 5.74) is 1.65. The number of nitrogens with zero attached hydrogens (tertiary/aromatic N) is 5. The first-order valence-electron chi connectivity index (χ1n) is 10.5. The number of aliphatic hydroxyl groups excluding tert-OH is 1. The zero-order valence-corrected chi connectivity index (χ0v) is 16.8. The van der Waals surface area contributed by atoms with Gasteiger partial charge < -0.3 is 25.0 Å². The molecular formula is C21H26N6O3. The predicted octanol–water partition coefficient (Wildman–Crippen LogP) is 1.69. The molecule has 5 rings (SSSR count). The van der Waals surface area contributed by atoms with Gasteiger partial charge in [-0.25, -0.2) is 9.78 Å². The first-order valence-corrected chi connectivity index (χ1v) is 10.5. The van der Waals surface area contributed by atoms with Crippen molar-refractivity contribution in [1.82, 2.24) is 9.97 Å². The minimum Gasteiger partial charge on any atom is -0.396 e. The molecule has 3 aliphatic heterocycles. The first kappa shape index (κ1) is 19.1. The largest absolute Gasteiger partial charge is 0.396 e. The molecule has 158 valence electrons. The van der Waals surface area contributed by atoms with Crippen LogP contribution in [0.4, 0.5) is 27.8 Å². The van der Waals surface area contributed by atoms with Gasteiger partial charge in [-0.1, -0.05) is 0 Å². The zero-order valence-electron chi connectivity index (χ0n) is 16.8. The van der Waals surface area contributed by atoms with Gasteiger partial charge in [0.1, 0.15) is 5.82 Å². The highest BCUT2D eigenvalue weighted by molar-refractivity contribution is 6.04. The van der Waals surface area contributed by atoms with Crippen LogP contribution in [0.1, 0.15) is 12.8 Å². The molecule has 9 nitrogen and oxygen atoms in total. The van der Waals surface area contributed by atoms with Crippen LogP contribution < -0.4 is 20.0 Å². The Labute approximate surface area is 175 Å². The molecule has 30 heavy (non-hydrogen) atoms. The molecule has 2 fully saturated rings. The third-order valence-corrected chi connectivity index (χ3v) is 6.05. The summed E-state index contributed by atoms with van der Waals surface area (Å²) in [6.45, 7) is 3.75. The van der Waals surface area contributed by atoms with Gasteiger partial charge in [0.15, 0.2) is 5.82 Å². The van der Waals surface area contributed by atoms with E-state index in [2.05, 4.69) is 26.2 Å². The SMILES string of the molecule is O=C(Nc1cccnc1)N1c2nc(N3CCOC[C@@H]3CCO)ccc2N2CC[C@H]1C2. The first-order chi connectivity index (χ1) is 14.7. The van der Waals surface area contributed by atoms with E-state index in [0.717, 1.165) is 31.0 Å². The van der Waals surface area contributed by atoms with Crippen molar-refractivity contribution in [3.63, 3.8) is 0 Å². The summed E-state index contributed by atoms with van der Waals surface area (Å²) in [5.74, 6) is 1.51. The van der Waals surface area contributed by atoms with E-state index in [9.17, 15) is 9.90 Å². The normalized spacial score (nSPS) is 22.8. The Morgan fingerprint density at radius 2 is 2.23 bits per heavy atom. The summed E-state index contributed by atoms with van der Waals surface area (Å²) in [5, 5.41) is 12.4. The van der Waals surface area contributed by atoms with Crippen LogP contribution in [0, 0.1) is 0 Å². The molecule has 0 radical (unpaired) electrons. The van der Waals surface area contributed by atoms with E-state index in [1.165, 1.54) is 0 Å². The Hall–Kier alpha value is -2.91. The maximum absolute atomic E-state index is 13.2. The second-order valence-corrected chi connectivity index (χ2v) is 7.88. The quantitative estimate of drug-likeness (QED) is 0.792. The third-order valence-electron chi connectivity index (χ3n) is 6.05. The summed E-state index contributed by atoms with van der Waals surface area (Å²) in [6.07, 6.45) is 4.86. The summed E-state index contributed by atoms with van der Waals surface area (Å²) in [7, 11) is 0. The lowest BCUT2D eigenvalue weighted by Gasteiger charge is -2.39. The number of rotatable bonds is 4. The number of ether oxygens (including phenoxy) is 1. The topological polar surface area (TPSA) is 94.1 Å². The van der Waals surface area contributed by atoms with Gasteiger partial charge in [-0.15, -0.1) is 0 Å². The molecule has 0 saturated carbocycles. The Morgan fingerprint density at radius 3 is 3.07 bits per heavy atom. The van der Waals surface area contributed by atoms with Crippen molar-refractivity contribution in [3.05, 3.63) is 36.7 Å². The predicted molar refractivity (Wildman–Crippen MR) is 114 cm³/mol. The van der Waals surface area contributed by atoms with Gasteiger partial charge >= 0.3 is 6.03 Å². The van der Waals surface area contributed by atoms with Gasteiger partial charge in [-0.2, -0.15) is 0 Å². The van der Waals surface area contributed by atoms with Crippen LogP contribution in [0.2, 0.25) is 0 Å². The number of anilines is 4. The maximum atomic E-state index is 13.2. The number of pyridine rings is 2. The average Bonchev–Trinajstić information content (AvgIpc) is 3.19. The van der Waals surface area contributed by atoms with E-state index in [1.54, 1.807) is 23.4 Å². The van der Waals surface area contributed by atoms with Crippen LogP contribution in [0.3, 0.4) is 0 Å². The van der Waals surface area contributed by atoms with E-state index in [-0.39, 0.29) is 24.7 Å². The fraction of sp³-hybridized carbons (Fsp3) is 0.476. The van der Waals surface area contributed by atoms with E-state index >= 15 is 0 Å². The Bertz CT molecular complexity index is 909. The molecule has 2 bridgehead atoms. The van der Waals surface area contributed by atoms with Crippen molar-refractivity contribution in [2.24, 2.45) is 0 Å². The summed E-state index contributed by atoms with van der Waals surface area (Å²) in [6, 6.07) is 7.69. The van der Waals surface area contributed by atoms with Gasteiger partial charge in [-0.3, -0.25) is 9.88 Å². The number of carbonyl (C=O) groups is 1. The highest BCUT2D eigenvalue weighted by Crippen LogP contribution is 2.40. The lowest BCUT2D eigenvalue weighted by Crippen LogP contribution is -2.49. The molecule has 0 aromatic carbocycles. The van der Waals surface area contributed by atoms with E-state index < -0.39 is 0 Å². The van der Waals surface area contributed by atoms with Crippen molar-refractivity contribution in [2.75, 3.05) is 59.5 Å². The lowest BCUT2D eigenvalue weighted by atomic mass is 10.1. The molecule has 2 N–H and O–H groups in total. The van der Waals surface area contributed by atoms with Crippen LogP contribution >= 0.6 is 0 Å². The third kappa shape index (κ3) is 3.44. The molecule has 2 amide bonds. The molecule has 2 atom stereocenters. The molecule has 0 spiro atoms. The number of fused-ring (bicyclic) bond motifs is 4. The molecule has 9 heteroatoms. The van der Waals surface area contributed by atoms with Gasteiger partial charge in [0, 0.05) is 32.4 Å². The molecule has 0 aliphatic carbocycles. The number of nitrogens with one attached hydrogen (secondary N) is 1. The number of aromatic nitrogens is 2. The van der Waals surface area contributed by atoms with E-state index in [4.69, 9.17) is 9.72 Å². The summed E-state index contributed by atoms with van der Waals surface area (Å²) >= 11 is 0. The Kier molecular flexibility index (Phi) is 5.14. The number of hydrogen-bond acceptors (Lipinski definition) is 7. The van der Waals surface area contributed by atoms with Crippen molar-refractivity contribution in [3.8, 4) is 0 Å². The number of hydrogen-bond donors (Lipinski definition) is 2. The van der Waals surface area contributed by atoms with Gasteiger partial charge in [-0.05, 0) is 37.1 Å². The lowest BCUT2D eigenvalue weighted by molar-refractivity contribution is 0.0846. The van der Waals surface area contributed by atoms with Crippen LogP contribution in [0.15, 0.2) is 36.7 Å². The van der Waals surface area contributed by atoms with Gasteiger partial charge in [0.05, 0.1) is 42.9 Å². The molecule has 5 heterocycles. The van der Waals surface area contributed by atoms with Crippen LogP contribution in [-0.4, -0.2) is 72.6 Å². The average molecular weight is 410 g/mol. The molecular weight excluding hydrogens is 384 g/mol. The second-order valence-electron chi connectivity index (χ2n) is 7.88. The van der Waals surface area contributed by atoms with Crippen LogP contribution in [-0.2, 0) is 4.74 Å². The molecule has 3 aliphatic rings. The van der Waals surface area contributed by atoms with Crippen molar-refractivity contribution in [2.45, 2.75) is 24.9 Å². The number of carbonyl (C=O) groups excluding carboxylic acids is 1. The van der Waals surface area contributed by atoms with Crippen molar-refractivity contribution >= 4 is 29.0 Å². The summed E-state index contributed by atoms with van der Waals surface area (Å²) < 4.78 is 5.60. The highest BCUT2D eigenvalue weighted by atomic mass is 16.5. The number of aliphatic hydroxyl groups is 1. The smallest absolute Gasteiger partial charge is 0.327 e. The fourth-order valence-electron chi connectivity index (χ4n) is 4.59. The van der Waals surface area contributed by atoms with Crippen LogP contribution in [0.25, 0.3) is 0 Å². The minimum absolute atomic E-state index is 0.0765. The Morgan fingerprint density at radius 1 is 1.30 bits per heavy atom. The molecule has 0 unspecified atom stereocenters.